The molecular weight excluding hydrogens is 342 g/mol. The van der Waals surface area contributed by atoms with Gasteiger partial charge in [-0.15, -0.1) is 0 Å². The maximum absolute atomic E-state index is 10.8. The van der Waals surface area contributed by atoms with E-state index in [9.17, 15) is 4.79 Å². The van der Waals surface area contributed by atoms with Crippen molar-refractivity contribution in [2.24, 2.45) is 5.73 Å². The number of nitrogens with two attached hydrogens (primary N) is 1. The van der Waals surface area contributed by atoms with Crippen molar-refractivity contribution in [3.8, 4) is 0 Å². The molecule has 0 aliphatic heterocycles. The van der Waals surface area contributed by atoms with Crippen LogP contribution in [0, 0.1) is 0 Å². The van der Waals surface area contributed by atoms with Gasteiger partial charge in [0, 0.05) is 43.8 Å². The molecule has 0 aliphatic carbocycles. The molecule has 0 aliphatic rings. The van der Waals surface area contributed by atoms with Crippen LogP contribution in [0.2, 0.25) is 0 Å². The van der Waals surface area contributed by atoms with E-state index in [4.69, 9.17) is 15.9 Å². The van der Waals surface area contributed by atoms with E-state index in [0.717, 1.165) is 29.8 Å². The molecule has 0 radical (unpaired) electrons. The number of aromatic nitrogens is 1. The summed E-state index contributed by atoms with van der Waals surface area (Å²) in [5, 5.41) is 18.2. The fourth-order valence-electron chi connectivity index (χ4n) is 2.77. The average molecular weight is 370 g/mol. The first-order chi connectivity index (χ1) is 13.1. The van der Waals surface area contributed by atoms with Crippen molar-refractivity contribution >= 4 is 23.7 Å². The predicted molar refractivity (Wildman–Crippen MR) is 107 cm³/mol. The smallest absolute Gasteiger partial charge is 0.217 e. The molecule has 2 rings (SSSR count). The van der Waals surface area contributed by atoms with E-state index in [1.54, 1.807) is 0 Å². The number of anilines is 1. The highest BCUT2D eigenvalue weighted by molar-refractivity contribution is 5.73. The van der Waals surface area contributed by atoms with Gasteiger partial charge >= 0.3 is 0 Å². The highest BCUT2D eigenvalue weighted by Gasteiger charge is 2.05. The lowest BCUT2D eigenvalue weighted by molar-refractivity contribution is -0.697. The van der Waals surface area contributed by atoms with E-state index in [1.165, 1.54) is 0 Å². The van der Waals surface area contributed by atoms with Gasteiger partial charge in [0.2, 0.25) is 5.91 Å². The van der Waals surface area contributed by atoms with Gasteiger partial charge in [-0.05, 0) is 23.3 Å². The number of hydrogen-bond donors (Lipinski definition) is 3. The Morgan fingerprint density at radius 1 is 0.963 bits per heavy atom. The second kappa shape index (κ2) is 11.1. The van der Waals surface area contributed by atoms with Crippen LogP contribution in [0.4, 0.5) is 5.69 Å². The third-order valence-corrected chi connectivity index (χ3v) is 4.22. The monoisotopic (exact) mass is 370 g/mol. The fourth-order valence-corrected chi connectivity index (χ4v) is 2.77. The summed E-state index contributed by atoms with van der Waals surface area (Å²) in [6.07, 6.45) is 9.21. The van der Waals surface area contributed by atoms with Gasteiger partial charge in [-0.3, -0.25) is 4.79 Å². The molecule has 144 valence electrons. The fraction of sp³-hybridized carbons (Fsp3) is 0.333. The molecule has 0 saturated carbocycles. The summed E-state index contributed by atoms with van der Waals surface area (Å²) in [7, 11) is 0. The van der Waals surface area contributed by atoms with E-state index in [0.29, 0.717) is 19.5 Å². The summed E-state index contributed by atoms with van der Waals surface area (Å²) in [4.78, 5) is 12.7. The molecule has 27 heavy (non-hydrogen) atoms. The summed E-state index contributed by atoms with van der Waals surface area (Å²) >= 11 is 0. The maximum Gasteiger partial charge on any atom is 0.217 e. The molecule has 0 atom stereocenters. The van der Waals surface area contributed by atoms with Crippen molar-refractivity contribution in [2.75, 3.05) is 31.2 Å². The first kappa shape index (κ1) is 20.6. The molecular formula is C21H28N3O3+. The molecule has 1 aromatic heterocycles. The van der Waals surface area contributed by atoms with Crippen LogP contribution in [0.3, 0.4) is 0 Å². The van der Waals surface area contributed by atoms with Crippen molar-refractivity contribution in [1.82, 2.24) is 0 Å². The van der Waals surface area contributed by atoms with Crippen LogP contribution < -0.4 is 15.2 Å². The van der Waals surface area contributed by atoms with Gasteiger partial charge in [0.1, 0.15) is 6.54 Å². The zero-order chi connectivity index (χ0) is 19.5. The van der Waals surface area contributed by atoms with Gasteiger partial charge in [0.05, 0.1) is 13.2 Å². The normalized spacial score (nSPS) is 11.0. The number of rotatable bonds is 11. The topological polar surface area (TPSA) is 90.7 Å². The molecule has 2 aromatic rings. The number of aryl methyl sites for hydroxylation is 1. The largest absolute Gasteiger partial charge is 0.395 e. The molecule has 1 aromatic carbocycles. The van der Waals surface area contributed by atoms with Crippen LogP contribution in [0.1, 0.15) is 24.0 Å². The van der Waals surface area contributed by atoms with Gasteiger partial charge in [-0.2, -0.15) is 0 Å². The van der Waals surface area contributed by atoms with E-state index < -0.39 is 0 Å². The second-order valence-corrected chi connectivity index (χ2v) is 6.30. The van der Waals surface area contributed by atoms with E-state index >= 15 is 0 Å². The minimum atomic E-state index is -0.267. The Hall–Kier alpha value is -2.70. The van der Waals surface area contributed by atoms with Crippen molar-refractivity contribution < 1.29 is 19.6 Å². The van der Waals surface area contributed by atoms with Crippen LogP contribution >= 0.6 is 0 Å². The standard InChI is InChI=1S/C21H27N3O3/c22-21(27)2-1-11-23-12-9-19(10-13-23)4-3-18-5-7-20(8-6-18)24(14-16-25)15-17-26/h3-10,12-13,25-26H,1-2,11,14-17H2,(H-,22,27)/p+1. The van der Waals surface area contributed by atoms with E-state index in [2.05, 4.69) is 0 Å². The molecule has 0 unspecified atom stereocenters. The molecule has 0 fully saturated rings. The Kier molecular flexibility index (Phi) is 8.48. The number of carbonyl (C=O) groups is 1. The van der Waals surface area contributed by atoms with Crippen LogP contribution in [0.25, 0.3) is 12.2 Å². The lowest BCUT2D eigenvalue weighted by Gasteiger charge is -2.22. The Labute approximate surface area is 160 Å². The van der Waals surface area contributed by atoms with Crippen LogP contribution in [0.5, 0.6) is 0 Å². The minimum absolute atomic E-state index is 0.0538. The number of benzene rings is 1. The number of aliphatic hydroxyl groups is 2. The zero-order valence-electron chi connectivity index (χ0n) is 15.5. The van der Waals surface area contributed by atoms with Gasteiger partial charge in [-0.25, -0.2) is 4.57 Å². The third kappa shape index (κ3) is 7.21. The van der Waals surface area contributed by atoms with Crippen LogP contribution in [-0.2, 0) is 11.3 Å². The molecule has 6 heteroatoms. The first-order valence-electron chi connectivity index (χ1n) is 9.14. The Balaban J connectivity index is 1.94. The van der Waals surface area contributed by atoms with Gasteiger partial charge < -0.3 is 20.8 Å². The lowest BCUT2D eigenvalue weighted by Crippen LogP contribution is -2.33. The summed E-state index contributed by atoms with van der Waals surface area (Å²) in [6, 6.07) is 12.1. The van der Waals surface area contributed by atoms with Crippen molar-refractivity contribution in [3.63, 3.8) is 0 Å². The number of amides is 1. The van der Waals surface area contributed by atoms with E-state index in [1.807, 2.05) is 70.4 Å². The molecule has 1 amide bonds. The molecule has 0 saturated heterocycles. The molecule has 0 spiro atoms. The number of carbonyl (C=O) groups excluding carboxylic acids is 1. The minimum Gasteiger partial charge on any atom is -0.395 e. The molecule has 4 N–H and O–H groups in total. The Bertz CT molecular complexity index is 721. The van der Waals surface area contributed by atoms with Gasteiger partial charge in [-0.1, -0.05) is 24.3 Å². The predicted octanol–water partition coefficient (Wildman–Crippen LogP) is 1.20. The summed E-state index contributed by atoms with van der Waals surface area (Å²) in [5.41, 5.74) is 8.29. The SMILES string of the molecule is NC(=O)CCC[n+]1ccc(/C=C/c2ccc(N(CCO)CCO)cc2)cc1. The average Bonchev–Trinajstić information content (AvgIpc) is 2.67. The number of nitrogens with zero attached hydrogens (tertiary/aromatic N) is 2. The van der Waals surface area contributed by atoms with Crippen molar-refractivity contribution in [3.05, 3.63) is 59.9 Å². The Morgan fingerprint density at radius 3 is 2.04 bits per heavy atom. The van der Waals surface area contributed by atoms with Gasteiger partial charge in [0.25, 0.3) is 0 Å². The third-order valence-electron chi connectivity index (χ3n) is 4.22. The maximum atomic E-state index is 10.8. The molecule has 6 nitrogen and oxygen atoms in total. The summed E-state index contributed by atoms with van der Waals surface area (Å²) < 4.78 is 2.03. The van der Waals surface area contributed by atoms with Crippen LogP contribution in [-0.4, -0.2) is 42.4 Å². The number of pyridine rings is 1. The first-order valence-corrected chi connectivity index (χ1v) is 9.14. The van der Waals surface area contributed by atoms with Gasteiger partial charge in [0.15, 0.2) is 12.4 Å². The highest BCUT2D eigenvalue weighted by Crippen LogP contribution is 2.16. The van der Waals surface area contributed by atoms with Crippen molar-refractivity contribution in [2.45, 2.75) is 19.4 Å². The quantitative estimate of drug-likeness (QED) is 0.519. The second-order valence-electron chi connectivity index (χ2n) is 6.30. The number of hydrogen-bond acceptors (Lipinski definition) is 4. The Morgan fingerprint density at radius 2 is 1.52 bits per heavy atom. The van der Waals surface area contributed by atoms with E-state index in [-0.39, 0.29) is 19.1 Å². The van der Waals surface area contributed by atoms with Crippen LogP contribution in [0.15, 0.2) is 48.8 Å². The lowest BCUT2D eigenvalue weighted by atomic mass is 10.1. The zero-order valence-corrected chi connectivity index (χ0v) is 15.5. The highest BCUT2D eigenvalue weighted by atomic mass is 16.3. The molecule has 1 heterocycles. The summed E-state index contributed by atoms with van der Waals surface area (Å²) in [6.45, 7) is 1.88. The number of aliphatic hydroxyl groups excluding tert-OH is 2. The van der Waals surface area contributed by atoms with Crippen molar-refractivity contribution in [1.29, 1.82) is 0 Å². The number of primary amides is 1. The molecule has 0 bridgehead atoms. The summed E-state index contributed by atoms with van der Waals surface area (Å²) in [5.74, 6) is -0.267.